The van der Waals surface area contributed by atoms with Crippen LogP contribution in [0.3, 0.4) is 0 Å². The highest BCUT2D eigenvalue weighted by atomic mass is 35.5. The number of pyridine rings is 1. The van der Waals surface area contributed by atoms with E-state index in [1.54, 1.807) is 12.1 Å². The molecule has 0 atom stereocenters. The SMILES string of the molecule is CCN1CCCN(S(=O)(=O)c2cc3ccc(Cl)nc3cc2F)CC1. The molecule has 1 aromatic carbocycles. The van der Waals surface area contributed by atoms with Crippen LogP contribution in [0.2, 0.25) is 5.15 Å². The Balaban J connectivity index is 1.98. The van der Waals surface area contributed by atoms with Gasteiger partial charge in [0.25, 0.3) is 0 Å². The van der Waals surface area contributed by atoms with E-state index in [1.165, 1.54) is 10.4 Å². The van der Waals surface area contributed by atoms with Crippen LogP contribution >= 0.6 is 11.6 Å². The topological polar surface area (TPSA) is 53.5 Å². The molecule has 3 rings (SSSR count). The molecular weight excluding hydrogens is 353 g/mol. The molecule has 0 amide bonds. The standard InChI is InChI=1S/C16H19ClFN3O2S/c1-2-20-6-3-7-21(9-8-20)24(22,23)15-10-12-4-5-16(17)19-14(12)11-13(15)18/h4-5,10-11H,2-3,6-9H2,1H3. The first-order chi connectivity index (χ1) is 11.4. The quantitative estimate of drug-likeness (QED) is 0.778. The molecule has 1 aliphatic rings. The summed E-state index contributed by atoms with van der Waals surface area (Å²) >= 11 is 5.80. The average molecular weight is 372 g/mol. The molecule has 2 heterocycles. The van der Waals surface area contributed by atoms with Crippen molar-refractivity contribution in [2.24, 2.45) is 0 Å². The summed E-state index contributed by atoms with van der Waals surface area (Å²) in [5.41, 5.74) is 0.340. The summed E-state index contributed by atoms with van der Waals surface area (Å²) in [6.07, 6.45) is 0.736. The highest BCUT2D eigenvalue weighted by Crippen LogP contribution is 2.26. The maximum Gasteiger partial charge on any atom is 0.246 e. The Hall–Kier alpha value is -1.28. The highest BCUT2D eigenvalue weighted by Gasteiger charge is 2.29. The van der Waals surface area contributed by atoms with Crippen molar-refractivity contribution < 1.29 is 12.8 Å². The zero-order valence-corrected chi connectivity index (χ0v) is 14.9. The molecule has 1 fully saturated rings. The highest BCUT2D eigenvalue weighted by molar-refractivity contribution is 7.89. The molecule has 0 spiro atoms. The van der Waals surface area contributed by atoms with Crippen molar-refractivity contribution >= 4 is 32.5 Å². The minimum atomic E-state index is -3.88. The Kier molecular flexibility index (Phi) is 5.05. The lowest BCUT2D eigenvalue weighted by Gasteiger charge is -2.21. The molecule has 0 saturated carbocycles. The second-order valence-corrected chi connectivity index (χ2v) is 8.09. The zero-order valence-electron chi connectivity index (χ0n) is 13.4. The van der Waals surface area contributed by atoms with Gasteiger partial charge in [-0.3, -0.25) is 0 Å². The summed E-state index contributed by atoms with van der Waals surface area (Å²) in [5, 5.41) is 0.786. The molecule has 24 heavy (non-hydrogen) atoms. The van der Waals surface area contributed by atoms with Gasteiger partial charge in [0.2, 0.25) is 10.0 Å². The van der Waals surface area contributed by atoms with Crippen LogP contribution in [0.5, 0.6) is 0 Å². The van der Waals surface area contributed by atoms with E-state index in [2.05, 4.69) is 9.88 Å². The van der Waals surface area contributed by atoms with Crippen molar-refractivity contribution in [2.75, 3.05) is 32.7 Å². The molecular formula is C16H19ClFN3O2S. The fraction of sp³-hybridized carbons (Fsp3) is 0.438. The lowest BCUT2D eigenvalue weighted by molar-refractivity contribution is 0.301. The van der Waals surface area contributed by atoms with Gasteiger partial charge < -0.3 is 4.90 Å². The Morgan fingerprint density at radius 3 is 2.75 bits per heavy atom. The fourth-order valence-electron chi connectivity index (χ4n) is 2.94. The predicted octanol–water partition coefficient (Wildman–Crippen LogP) is 2.74. The Morgan fingerprint density at radius 1 is 1.21 bits per heavy atom. The van der Waals surface area contributed by atoms with E-state index >= 15 is 0 Å². The molecule has 8 heteroatoms. The monoisotopic (exact) mass is 371 g/mol. The normalized spacial score (nSPS) is 18.0. The van der Waals surface area contributed by atoms with Crippen molar-refractivity contribution in [3.63, 3.8) is 0 Å². The van der Waals surface area contributed by atoms with Gasteiger partial charge in [0, 0.05) is 31.1 Å². The number of nitrogens with zero attached hydrogens (tertiary/aromatic N) is 3. The number of halogens is 2. The van der Waals surface area contributed by atoms with Gasteiger partial charge in [-0.25, -0.2) is 17.8 Å². The number of benzene rings is 1. The third kappa shape index (κ3) is 3.39. The van der Waals surface area contributed by atoms with Crippen molar-refractivity contribution in [1.29, 1.82) is 0 Å². The molecule has 5 nitrogen and oxygen atoms in total. The van der Waals surface area contributed by atoms with Gasteiger partial charge in [-0.15, -0.1) is 0 Å². The van der Waals surface area contributed by atoms with Crippen LogP contribution < -0.4 is 0 Å². The van der Waals surface area contributed by atoms with Gasteiger partial charge >= 0.3 is 0 Å². The van der Waals surface area contributed by atoms with Crippen LogP contribution in [0.25, 0.3) is 10.9 Å². The van der Waals surface area contributed by atoms with Crippen LogP contribution in [0.4, 0.5) is 4.39 Å². The third-order valence-electron chi connectivity index (χ3n) is 4.32. The van der Waals surface area contributed by atoms with E-state index in [0.717, 1.165) is 25.6 Å². The number of hydrogen-bond donors (Lipinski definition) is 0. The molecule has 2 aromatic rings. The first-order valence-electron chi connectivity index (χ1n) is 7.90. The average Bonchev–Trinajstić information content (AvgIpc) is 2.79. The number of aromatic nitrogens is 1. The van der Waals surface area contributed by atoms with E-state index < -0.39 is 15.8 Å². The van der Waals surface area contributed by atoms with Crippen LogP contribution in [0.15, 0.2) is 29.2 Å². The number of hydrogen-bond acceptors (Lipinski definition) is 4. The van der Waals surface area contributed by atoms with E-state index in [1.807, 2.05) is 6.92 Å². The van der Waals surface area contributed by atoms with Crippen molar-refractivity contribution in [1.82, 2.24) is 14.2 Å². The first-order valence-corrected chi connectivity index (χ1v) is 9.72. The van der Waals surface area contributed by atoms with E-state index in [9.17, 15) is 12.8 Å². The fourth-order valence-corrected chi connectivity index (χ4v) is 4.65. The van der Waals surface area contributed by atoms with Crippen LogP contribution in [-0.2, 0) is 10.0 Å². The minimum absolute atomic E-state index is 0.240. The lowest BCUT2D eigenvalue weighted by Crippen LogP contribution is -2.35. The van der Waals surface area contributed by atoms with Gasteiger partial charge in [0.1, 0.15) is 15.9 Å². The Bertz CT molecular complexity index is 860. The summed E-state index contributed by atoms with van der Waals surface area (Å²) < 4.78 is 41.6. The molecule has 1 saturated heterocycles. The molecule has 0 unspecified atom stereocenters. The first kappa shape index (κ1) is 17.5. The van der Waals surface area contributed by atoms with E-state index in [0.29, 0.717) is 30.5 Å². The minimum Gasteiger partial charge on any atom is -0.302 e. The molecule has 1 aliphatic heterocycles. The van der Waals surface area contributed by atoms with Crippen molar-refractivity contribution in [3.8, 4) is 0 Å². The predicted molar refractivity (Wildman–Crippen MR) is 92.2 cm³/mol. The van der Waals surface area contributed by atoms with Gasteiger partial charge in [-0.1, -0.05) is 18.5 Å². The maximum atomic E-state index is 14.4. The smallest absolute Gasteiger partial charge is 0.246 e. The van der Waals surface area contributed by atoms with E-state index in [-0.39, 0.29) is 10.0 Å². The summed E-state index contributed by atoms with van der Waals surface area (Å²) in [6, 6.07) is 5.67. The second kappa shape index (κ2) is 6.92. The molecule has 0 aliphatic carbocycles. The number of likely N-dealkylation sites (N-methyl/N-ethyl adjacent to an activating group) is 1. The van der Waals surface area contributed by atoms with Gasteiger partial charge in [-0.05, 0) is 37.7 Å². The van der Waals surface area contributed by atoms with Gasteiger partial charge in [-0.2, -0.15) is 4.31 Å². The summed E-state index contributed by atoms with van der Waals surface area (Å²) in [5.74, 6) is -0.797. The van der Waals surface area contributed by atoms with Crippen LogP contribution in [0, 0.1) is 5.82 Å². The van der Waals surface area contributed by atoms with Gasteiger partial charge in [0.15, 0.2) is 0 Å². The summed E-state index contributed by atoms with van der Waals surface area (Å²) in [7, 11) is -3.88. The third-order valence-corrected chi connectivity index (χ3v) is 6.45. The molecule has 0 N–H and O–H groups in total. The molecule has 130 valence electrons. The molecule has 1 aromatic heterocycles. The summed E-state index contributed by atoms with van der Waals surface area (Å²) in [6.45, 7) is 5.20. The second-order valence-electron chi connectivity index (χ2n) is 5.80. The Labute approximate surface area is 146 Å². The van der Waals surface area contributed by atoms with Gasteiger partial charge in [0.05, 0.1) is 5.52 Å². The number of sulfonamides is 1. The van der Waals surface area contributed by atoms with Crippen LogP contribution in [0.1, 0.15) is 13.3 Å². The van der Waals surface area contributed by atoms with Crippen molar-refractivity contribution in [3.05, 3.63) is 35.2 Å². The zero-order chi connectivity index (χ0) is 17.3. The maximum absolute atomic E-state index is 14.4. The molecule has 0 radical (unpaired) electrons. The Morgan fingerprint density at radius 2 is 2.00 bits per heavy atom. The lowest BCUT2D eigenvalue weighted by atomic mass is 10.2. The number of fused-ring (bicyclic) bond motifs is 1. The van der Waals surface area contributed by atoms with Crippen molar-refractivity contribution in [2.45, 2.75) is 18.2 Å². The number of rotatable bonds is 3. The van der Waals surface area contributed by atoms with E-state index in [4.69, 9.17) is 11.6 Å². The van der Waals surface area contributed by atoms with Crippen LogP contribution in [-0.4, -0.2) is 55.3 Å². The molecule has 0 bridgehead atoms. The largest absolute Gasteiger partial charge is 0.302 e. The summed E-state index contributed by atoms with van der Waals surface area (Å²) in [4.78, 5) is 5.91.